The van der Waals surface area contributed by atoms with E-state index in [-0.39, 0.29) is 24.7 Å². The summed E-state index contributed by atoms with van der Waals surface area (Å²) in [6.07, 6.45) is 0.917. The highest BCUT2D eigenvalue weighted by Gasteiger charge is 2.18. The number of para-hydroxylation sites is 1. The van der Waals surface area contributed by atoms with Crippen molar-refractivity contribution in [3.05, 3.63) is 54.1 Å². The van der Waals surface area contributed by atoms with E-state index >= 15 is 0 Å². The number of aryl methyl sites for hydroxylation is 1. The van der Waals surface area contributed by atoms with Crippen LogP contribution in [0.4, 0.5) is 5.69 Å². The zero-order valence-corrected chi connectivity index (χ0v) is 16.2. The largest absolute Gasteiger partial charge is 0.493 e. The molecule has 8 heteroatoms. The van der Waals surface area contributed by atoms with E-state index in [1.807, 2.05) is 12.1 Å². The minimum absolute atomic E-state index is 0.102. The first-order valence-electron chi connectivity index (χ1n) is 9.06. The second kappa shape index (κ2) is 9.01. The summed E-state index contributed by atoms with van der Waals surface area (Å²) < 4.78 is 11.4. The van der Waals surface area contributed by atoms with Gasteiger partial charge in [0.1, 0.15) is 12.3 Å². The van der Waals surface area contributed by atoms with Crippen molar-refractivity contribution in [2.45, 2.75) is 19.9 Å². The minimum atomic E-state index is -0.603. The summed E-state index contributed by atoms with van der Waals surface area (Å²) in [4.78, 5) is 23.7. The average molecular weight is 395 g/mol. The first kappa shape index (κ1) is 20.1. The van der Waals surface area contributed by atoms with Crippen LogP contribution in [0.1, 0.15) is 12.5 Å². The first-order chi connectivity index (χ1) is 14.0. The molecule has 0 aliphatic carbocycles. The summed E-state index contributed by atoms with van der Waals surface area (Å²) in [5.74, 6) is -0.843. The van der Waals surface area contributed by atoms with Gasteiger partial charge in [0.05, 0.1) is 12.6 Å². The number of methoxy groups -OCH3 is 1. The van der Waals surface area contributed by atoms with Crippen molar-refractivity contribution in [3.8, 4) is 11.6 Å². The molecule has 0 radical (unpaired) electrons. The summed E-state index contributed by atoms with van der Waals surface area (Å²) in [7, 11) is 1.26. The van der Waals surface area contributed by atoms with Crippen molar-refractivity contribution < 1.29 is 24.2 Å². The van der Waals surface area contributed by atoms with E-state index in [4.69, 9.17) is 4.74 Å². The van der Waals surface area contributed by atoms with E-state index in [9.17, 15) is 14.7 Å². The Morgan fingerprint density at radius 1 is 1.10 bits per heavy atom. The number of carbonyl (C=O) groups is 2. The van der Waals surface area contributed by atoms with Gasteiger partial charge in [-0.15, -0.1) is 10.2 Å². The molecule has 1 aromatic heterocycles. The van der Waals surface area contributed by atoms with E-state index in [2.05, 4.69) is 21.9 Å². The Morgan fingerprint density at radius 2 is 1.83 bits per heavy atom. The molecule has 1 N–H and O–H groups in total. The third-order valence-electron chi connectivity index (χ3n) is 4.39. The van der Waals surface area contributed by atoms with Crippen LogP contribution in [0.5, 0.6) is 11.6 Å². The molecule has 0 fully saturated rings. The monoisotopic (exact) mass is 395 g/mol. The van der Waals surface area contributed by atoms with E-state index in [0.717, 1.165) is 6.42 Å². The number of aromatic nitrogens is 1. The van der Waals surface area contributed by atoms with Gasteiger partial charge in [0.2, 0.25) is 5.88 Å². The normalized spacial score (nSPS) is 11.1. The fraction of sp³-hybridized carbons (Fsp3) is 0.238. The summed E-state index contributed by atoms with van der Waals surface area (Å²) in [5.41, 5.74) is 1.84. The Kier molecular flexibility index (Phi) is 6.23. The Morgan fingerprint density at radius 3 is 2.52 bits per heavy atom. The van der Waals surface area contributed by atoms with Crippen LogP contribution < -0.4 is 4.74 Å². The third kappa shape index (κ3) is 4.60. The highest BCUT2D eigenvalue weighted by atomic mass is 16.5. The molecule has 1 amide bonds. The lowest BCUT2D eigenvalue weighted by atomic mass is 10.2. The molecule has 0 bridgehead atoms. The van der Waals surface area contributed by atoms with Gasteiger partial charge in [0, 0.05) is 5.39 Å². The van der Waals surface area contributed by atoms with Gasteiger partial charge in [-0.1, -0.05) is 37.3 Å². The van der Waals surface area contributed by atoms with Crippen LogP contribution in [-0.4, -0.2) is 35.3 Å². The van der Waals surface area contributed by atoms with Gasteiger partial charge in [0.15, 0.2) is 12.3 Å². The maximum Gasteiger partial charge on any atom is 0.325 e. The van der Waals surface area contributed by atoms with Crippen molar-refractivity contribution in [3.63, 3.8) is 0 Å². The molecular weight excluding hydrogens is 374 g/mol. The number of ether oxygens (including phenoxy) is 2. The summed E-state index contributed by atoms with van der Waals surface area (Å²) in [6.45, 7) is 1.58. The number of hydrogen-bond donors (Lipinski definition) is 1. The number of rotatable bonds is 7. The predicted octanol–water partition coefficient (Wildman–Crippen LogP) is 3.77. The number of aromatic hydroxyl groups is 1. The number of benzene rings is 2. The molecule has 0 unspecified atom stereocenters. The van der Waals surface area contributed by atoms with Crippen molar-refractivity contribution >= 4 is 28.5 Å². The molecule has 0 aliphatic rings. The summed E-state index contributed by atoms with van der Waals surface area (Å²) >= 11 is 0. The Hall–Kier alpha value is -3.68. The molecule has 0 aliphatic heterocycles. The van der Waals surface area contributed by atoms with E-state index in [0.29, 0.717) is 16.7 Å². The molecule has 3 aromatic rings. The smallest absolute Gasteiger partial charge is 0.325 e. The first-order valence-corrected chi connectivity index (χ1v) is 9.06. The number of azo groups is 1. The quantitative estimate of drug-likeness (QED) is 0.485. The zero-order valence-electron chi connectivity index (χ0n) is 16.2. The highest BCUT2D eigenvalue weighted by molar-refractivity contribution is 5.96. The summed E-state index contributed by atoms with van der Waals surface area (Å²) in [6, 6.07) is 14.4. The molecule has 8 nitrogen and oxygen atoms in total. The van der Waals surface area contributed by atoms with Gasteiger partial charge in [-0.3, -0.25) is 14.2 Å². The average Bonchev–Trinajstić information content (AvgIpc) is 3.02. The van der Waals surface area contributed by atoms with Crippen molar-refractivity contribution in [1.29, 1.82) is 0 Å². The number of esters is 1. The molecule has 2 aromatic carbocycles. The lowest BCUT2D eigenvalue weighted by molar-refractivity contribution is -0.141. The molecule has 3 rings (SSSR count). The van der Waals surface area contributed by atoms with Crippen molar-refractivity contribution in [1.82, 2.24) is 4.57 Å². The highest BCUT2D eigenvalue weighted by Crippen LogP contribution is 2.38. The van der Waals surface area contributed by atoms with E-state index < -0.39 is 11.9 Å². The third-order valence-corrected chi connectivity index (χ3v) is 4.39. The number of amides is 1. The van der Waals surface area contributed by atoms with Crippen molar-refractivity contribution in [2.75, 3.05) is 13.7 Å². The topological polar surface area (TPSA) is 102 Å². The maximum atomic E-state index is 12.0. The van der Waals surface area contributed by atoms with Crippen LogP contribution in [0.25, 0.3) is 10.9 Å². The predicted molar refractivity (Wildman–Crippen MR) is 106 cm³/mol. The summed E-state index contributed by atoms with van der Waals surface area (Å²) in [5, 5.41) is 18.6. The standard InChI is InChI=1S/C21H21N3O5/c1-3-14-8-10-15(11-9-14)29-13-18(25)22-23-20-16-6-4-5-7-17(16)24(21(20)27)12-19(26)28-2/h4-11,27H,3,12-13H2,1-2H3. The SMILES string of the molecule is CCc1ccc(OCC(=O)N=Nc2c(O)n(CC(=O)OC)c3ccccc23)cc1. The van der Waals surface area contributed by atoms with Gasteiger partial charge >= 0.3 is 11.9 Å². The van der Waals surface area contributed by atoms with Crippen LogP contribution in [0.3, 0.4) is 0 Å². The fourth-order valence-corrected chi connectivity index (χ4v) is 2.83. The number of fused-ring (bicyclic) bond motifs is 1. The second-order valence-electron chi connectivity index (χ2n) is 6.23. The van der Waals surface area contributed by atoms with Gasteiger partial charge in [-0.25, -0.2) is 0 Å². The molecule has 1 heterocycles. The number of carbonyl (C=O) groups excluding carboxylic acids is 2. The Labute approximate surface area is 167 Å². The molecule has 0 saturated carbocycles. The van der Waals surface area contributed by atoms with Gasteiger partial charge < -0.3 is 14.6 Å². The molecular formula is C21H21N3O5. The minimum Gasteiger partial charge on any atom is -0.493 e. The molecule has 0 saturated heterocycles. The second-order valence-corrected chi connectivity index (χ2v) is 6.23. The Bertz CT molecular complexity index is 1050. The van der Waals surface area contributed by atoms with Crippen LogP contribution in [0, 0.1) is 0 Å². The maximum absolute atomic E-state index is 12.0. The van der Waals surface area contributed by atoms with Crippen LogP contribution in [-0.2, 0) is 27.3 Å². The Balaban J connectivity index is 1.76. The molecule has 150 valence electrons. The van der Waals surface area contributed by atoms with Gasteiger partial charge in [-0.05, 0) is 30.2 Å². The fourth-order valence-electron chi connectivity index (χ4n) is 2.83. The van der Waals surface area contributed by atoms with Gasteiger partial charge in [0.25, 0.3) is 0 Å². The zero-order chi connectivity index (χ0) is 20.8. The lowest BCUT2D eigenvalue weighted by Gasteiger charge is -2.04. The van der Waals surface area contributed by atoms with Crippen LogP contribution in [0.15, 0.2) is 58.8 Å². The molecule has 29 heavy (non-hydrogen) atoms. The number of hydrogen-bond acceptors (Lipinski definition) is 6. The molecule has 0 atom stereocenters. The van der Waals surface area contributed by atoms with Crippen LogP contribution in [0.2, 0.25) is 0 Å². The lowest BCUT2D eigenvalue weighted by Crippen LogP contribution is -2.10. The van der Waals surface area contributed by atoms with Gasteiger partial charge in [-0.2, -0.15) is 0 Å². The van der Waals surface area contributed by atoms with E-state index in [1.165, 1.54) is 17.2 Å². The molecule has 0 spiro atoms. The number of nitrogens with zero attached hydrogens (tertiary/aromatic N) is 3. The van der Waals surface area contributed by atoms with Crippen LogP contribution >= 0.6 is 0 Å². The van der Waals surface area contributed by atoms with Crippen molar-refractivity contribution in [2.24, 2.45) is 10.2 Å². The van der Waals surface area contributed by atoms with E-state index in [1.54, 1.807) is 36.4 Å².